The van der Waals surface area contributed by atoms with Gasteiger partial charge in [-0.25, -0.2) is 4.98 Å². The van der Waals surface area contributed by atoms with E-state index < -0.39 is 6.10 Å². The minimum absolute atomic E-state index is 0.00935. The van der Waals surface area contributed by atoms with Gasteiger partial charge < -0.3 is 20.5 Å². The van der Waals surface area contributed by atoms with Crippen molar-refractivity contribution >= 4 is 11.6 Å². The molecule has 1 aliphatic heterocycles. The fourth-order valence-electron chi connectivity index (χ4n) is 2.09. The number of hydrogen-bond acceptors (Lipinski definition) is 5. The summed E-state index contributed by atoms with van der Waals surface area (Å²) in [5, 5.41) is 2.81. The molecule has 1 saturated heterocycles. The lowest BCUT2D eigenvalue weighted by Crippen LogP contribution is -2.30. The summed E-state index contributed by atoms with van der Waals surface area (Å²) in [5.41, 5.74) is 6.10. The van der Waals surface area contributed by atoms with Crippen molar-refractivity contribution in [1.29, 1.82) is 0 Å². The normalized spacial score (nSPS) is 22.0. The molecule has 0 radical (unpaired) electrons. The lowest BCUT2D eigenvalue weighted by molar-refractivity contribution is -0.126. The fraction of sp³-hybridized carbons (Fsp3) is 0.571. The van der Waals surface area contributed by atoms with E-state index in [4.69, 9.17) is 15.2 Å². The van der Waals surface area contributed by atoms with Gasteiger partial charge >= 0.3 is 0 Å². The maximum absolute atomic E-state index is 12.2. The van der Waals surface area contributed by atoms with Gasteiger partial charge in [-0.2, -0.15) is 0 Å². The van der Waals surface area contributed by atoms with Crippen LogP contribution in [0.15, 0.2) is 18.3 Å². The Balaban J connectivity index is 2.01. The van der Waals surface area contributed by atoms with Crippen molar-refractivity contribution < 1.29 is 14.3 Å². The number of aromatic nitrogens is 1. The molecule has 0 spiro atoms. The largest absolute Gasteiger partial charge is 0.473 e. The Hall–Kier alpha value is -1.66. The van der Waals surface area contributed by atoms with Crippen molar-refractivity contribution in [1.82, 2.24) is 4.98 Å². The number of nitrogens with one attached hydrogen (secondary N) is 1. The first kappa shape index (κ1) is 14.7. The van der Waals surface area contributed by atoms with Crippen LogP contribution in [0.1, 0.15) is 26.7 Å². The van der Waals surface area contributed by atoms with Gasteiger partial charge in [0.15, 0.2) is 0 Å². The summed E-state index contributed by atoms with van der Waals surface area (Å²) in [6, 6.07) is 3.51. The van der Waals surface area contributed by atoms with Crippen molar-refractivity contribution in [2.75, 3.05) is 11.9 Å². The van der Waals surface area contributed by atoms with Gasteiger partial charge in [0.05, 0.1) is 12.2 Å². The molecule has 1 aromatic rings. The van der Waals surface area contributed by atoms with Crippen molar-refractivity contribution in [3.63, 3.8) is 0 Å². The molecule has 2 atom stereocenters. The average molecular weight is 279 g/mol. The minimum atomic E-state index is -0.448. The molecule has 2 heterocycles. The summed E-state index contributed by atoms with van der Waals surface area (Å²) in [4.78, 5) is 16.3. The highest BCUT2D eigenvalue weighted by molar-refractivity contribution is 5.95. The second-order valence-electron chi connectivity index (χ2n) is 5.07. The van der Waals surface area contributed by atoms with E-state index in [0.29, 0.717) is 24.5 Å². The second kappa shape index (κ2) is 6.67. The highest BCUT2D eigenvalue weighted by atomic mass is 16.5. The summed E-state index contributed by atoms with van der Waals surface area (Å²) in [6.07, 6.45) is 2.65. The predicted molar refractivity (Wildman–Crippen MR) is 75.6 cm³/mol. The average Bonchev–Trinajstić information content (AvgIpc) is 2.89. The maximum Gasteiger partial charge on any atom is 0.253 e. The monoisotopic (exact) mass is 279 g/mol. The van der Waals surface area contributed by atoms with Gasteiger partial charge in [0.2, 0.25) is 5.88 Å². The molecule has 1 aromatic heterocycles. The molecule has 1 amide bonds. The molecule has 110 valence electrons. The SMILES string of the molecule is CC(C)Oc1ncccc1NC(=O)C1CCC(CN)O1. The zero-order valence-corrected chi connectivity index (χ0v) is 11.8. The van der Waals surface area contributed by atoms with Crippen molar-refractivity contribution in [2.24, 2.45) is 5.73 Å². The highest BCUT2D eigenvalue weighted by Gasteiger charge is 2.30. The number of nitrogens with zero attached hydrogens (tertiary/aromatic N) is 1. The third-order valence-corrected chi connectivity index (χ3v) is 3.04. The summed E-state index contributed by atoms with van der Waals surface area (Å²) >= 11 is 0. The summed E-state index contributed by atoms with van der Waals surface area (Å²) in [6.45, 7) is 4.26. The third-order valence-electron chi connectivity index (χ3n) is 3.04. The van der Waals surface area contributed by atoms with Crippen LogP contribution in [0.2, 0.25) is 0 Å². The van der Waals surface area contributed by atoms with E-state index in [1.54, 1.807) is 18.3 Å². The number of nitrogens with two attached hydrogens (primary N) is 1. The number of amides is 1. The number of rotatable bonds is 5. The fourth-order valence-corrected chi connectivity index (χ4v) is 2.09. The van der Waals surface area contributed by atoms with Gasteiger partial charge in [-0.15, -0.1) is 0 Å². The van der Waals surface area contributed by atoms with Gasteiger partial charge in [0.25, 0.3) is 5.91 Å². The molecular weight excluding hydrogens is 258 g/mol. The van der Waals surface area contributed by atoms with Crippen LogP contribution in [0.4, 0.5) is 5.69 Å². The Bertz CT molecular complexity index is 465. The van der Waals surface area contributed by atoms with E-state index in [1.807, 2.05) is 13.8 Å². The molecule has 0 saturated carbocycles. The van der Waals surface area contributed by atoms with E-state index >= 15 is 0 Å². The van der Waals surface area contributed by atoms with Crippen LogP contribution < -0.4 is 15.8 Å². The minimum Gasteiger partial charge on any atom is -0.473 e. The molecule has 6 heteroatoms. The summed E-state index contributed by atoms with van der Waals surface area (Å²) < 4.78 is 11.1. The first-order chi connectivity index (χ1) is 9.60. The Morgan fingerprint density at radius 2 is 2.40 bits per heavy atom. The van der Waals surface area contributed by atoms with Crippen LogP contribution in [-0.2, 0) is 9.53 Å². The quantitative estimate of drug-likeness (QED) is 0.848. The van der Waals surface area contributed by atoms with Crippen LogP contribution in [0.25, 0.3) is 0 Å². The smallest absolute Gasteiger partial charge is 0.253 e. The second-order valence-corrected chi connectivity index (χ2v) is 5.07. The van der Waals surface area contributed by atoms with Crippen molar-refractivity contribution in [3.05, 3.63) is 18.3 Å². The van der Waals surface area contributed by atoms with E-state index in [1.165, 1.54) is 0 Å². The van der Waals surface area contributed by atoms with Crippen molar-refractivity contribution in [2.45, 2.75) is 45.0 Å². The van der Waals surface area contributed by atoms with E-state index in [-0.39, 0.29) is 18.1 Å². The maximum atomic E-state index is 12.2. The number of anilines is 1. The third kappa shape index (κ3) is 3.68. The predicted octanol–water partition coefficient (Wildman–Crippen LogP) is 1.31. The van der Waals surface area contributed by atoms with E-state index in [0.717, 1.165) is 6.42 Å². The lowest BCUT2D eigenvalue weighted by Gasteiger charge is -2.16. The number of hydrogen-bond donors (Lipinski definition) is 2. The zero-order chi connectivity index (χ0) is 14.5. The van der Waals surface area contributed by atoms with Crippen LogP contribution in [0.5, 0.6) is 5.88 Å². The highest BCUT2D eigenvalue weighted by Crippen LogP contribution is 2.24. The Morgan fingerprint density at radius 1 is 1.60 bits per heavy atom. The van der Waals surface area contributed by atoms with Gasteiger partial charge in [0.1, 0.15) is 11.8 Å². The van der Waals surface area contributed by atoms with E-state index in [2.05, 4.69) is 10.3 Å². The first-order valence-corrected chi connectivity index (χ1v) is 6.88. The standard InChI is InChI=1S/C14H21N3O3/c1-9(2)19-14-11(4-3-7-16-14)17-13(18)12-6-5-10(8-15)20-12/h3-4,7,9-10,12H,5-6,8,15H2,1-2H3,(H,17,18). The molecule has 0 aliphatic carbocycles. The van der Waals surface area contributed by atoms with Crippen LogP contribution in [0.3, 0.4) is 0 Å². The molecular formula is C14H21N3O3. The van der Waals surface area contributed by atoms with Gasteiger partial charge in [-0.05, 0) is 38.8 Å². The van der Waals surface area contributed by atoms with Gasteiger partial charge in [-0.3, -0.25) is 4.79 Å². The molecule has 1 fully saturated rings. The summed E-state index contributed by atoms with van der Waals surface area (Å²) in [5.74, 6) is 0.242. The molecule has 0 bridgehead atoms. The molecule has 0 aromatic carbocycles. The zero-order valence-electron chi connectivity index (χ0n) is 11.8. The number of ether oxygens (including phenoxy) is 2. The molecule has 3 N–H and O–H groups in total. The number of carbonyl (C=O) groups excluding carboxylic acids is 1. The number of carbonyl (C=O) groups is 1. The molecule has 20 heavy (non-hydrogen) atoms. The van der Waals surface area contributed by atoms with Crippen LogP contribution in [-0.4, -0.2) is 35.7 Å². The van der Waals surface area contributed by atoms with Crippen LogP contribution in [0, 0.1) is 0 Å². The Labute approximate surface area is 118 Å². The lowest BCUT2D eigenvalue weighted by atomic mass is 10.2. The Kier molecular flexibility index (Phi) is 4.92. The van der Waals surface area contributed by atoms with Gasteiger partial charge in [-0.1, -0.05) is 0 Å². The van der Waals surface area contributed by atoms with E-state index in [9.17, 15) is 4.79 Å². The Morgan fingerprint density at radius 3 is 3.05 bits per heavy atom. The molecule has 2 rings (SSSR count). The molecule has 2 unspecified atom stereocenters. The van der Waals surface area contributed by atoms with Crippen LogP contribution >= 0.6 is 0 Å². The molecule has 6 nitrogen and oxygen atoms in total. The first-order valence-electron chi connectivity index (χ1n) is 6.88. The molecule has 1 aliphatic rings. The van der Waals surface area contributed by atoms with Gasteiger partial charge in [0, 0.05) is 12.7 Å². The number of pyridine rings is 1. The topological polar surface area (TPSA) is 86.5 Å². The van der Waals surface area contributed by atoms with Crippen molar-refractivity contribution in [3.8, 4) is 5.88 Å². The summed E-state index contributed by atoms with van der Waals surface area (Å²) in [7, 11) is 0.